The Labute approximate surface area is 221 Å². The highest BCUT2D eigenvalue weighted by molar-refractivity contribution is 7.96. The van der Waals surface area contributed by atoms with Crippen molar-refractivity contribution in [3.63, 3.8) is 0 Å². The molecule has 0 aliphatic heterocycles. The summed E-state index contributed by atoms with van der Waals surface area (Å²) in [6, 6.07) is -1.89. The third kappa shape index (κ3) is 21.2. The van der Waals surface area contributed by atoms with Crippen LogP contribution in [-0.2, 0) is 24.0 Å². The van der Waals surface area contributed by atoms with E-state index in [-0.39, 0.29) is 31.6 Å². The molecule has 9 nitrogen and oxygen atoms in total. The van der Waals surface area contributed by atoms with Crippen LogP contribution in [0.2, 0.25) is 0 Å². The van der Waals surface area contributed by atoms with Crippen LogP contribution in [0.15, 0.2) is 0 Å². The molecule has 0 saturated carbocycles. The minimum atomic E-state index is -1.19. The fourth-order valence-corrected chi connectivity index (χ4v) is 3.92. The van der Waals surface area contributed by atoms with Crippen LogP contribution in [0.25, 0.3) is 0 Å². The van der Waals surface area contributed by atoms with Crippen LogP contribution in [0.3, 0.4) is 0 Å². The zero-order valence-electron chi connectivity index (χ0n) is 21.8. The largest absolute Gasteiger partial charge is 0.481 e. The summed E-state index contributed by atoms with van der Waals surface area (Å²) < 4.78 is 0. The highest BCUT2D eigenvalue weighted by atomic mass is 32.1. The van der Waals surface area contributed by atoms with E-state index in [0.29, 0.717) is 6.42 Å². The number of carbonyl (C=O) groups excluding carboxylic acids is 3. The summed E-state index contributed by atoms with van der Waals surface area (Å²) in [5, 5.41) is 22.3. The van der Waals surface area contributed by atoms with Gasteiger partial charge in [-0.1, -0.05) is 77.0 Å². The quantitative estimate of drug-likeness (QED) is 0.0902. The van der Waals surface area contributed by atoms with E-state index < -0.39 is 35.0 Å². The second kappa shape index (κ2) is 22.1. The van der Waals surface area contributed by atoms with Gasteiger partial charge in [-0.3, -0.25) is 19.2 Å². The molecule has 0 aromatic carbocycles. The Kier molecular flexibility index (Phi) is 20.8. The van der Waals surface area contributed by atoms with Crippen molar-refractivity contribution in [1.82, 2.24) is 10.6 Å². The van der Waals surface area contributed by atoms with Crippen molar-refractivity contribution < 1.29 is 34.2 Å². The first kappa shape index (κ1) is 33.9. The molecule has 2 amide bonds. The lowest BCUT2D eigenvalue weighted by Crippen LogP contribution is -2.42. The third-order valence-corrected chi connectivity index (χ3v) is 6.47. The highest BCUT2D eigenvalue weighted by Gasteiger charge is 2.21. The number of rotatable bonds is 24. The van der Waals surface area contributed by atoms with E-state index >= 15 is 0 Å². The Morgan fingerprint density at radius 1 is 0.611 bits per heavy atom. The number of aliphatic carboxylic acids is 2. The fraction of sp³-hybridized carbons (Fsp3) is 0.808. The number of hydrogen-bond acceptors (Lipinski definition) is 5. The number of hydrogen-bond donors (Lipinski definition) is 5. The van der Waals surface area contributed by atoms with Gasteiger partial charge < -0.3 is 20.8 Å². The topological polar surface area (TPSA) is 150 Å². The predicted octanol–water partition coefficient (Wildman–Crippen LogP) is 4.62. The molecule has 0 saturated heterocycles. The lowest BCUT2D eigenvalue weighted by Gasteiger charge is -2.15. The summed E-state index contributed by atoms with van der Waals surface area (Å²) in [7, 11) is 0. The monoisotopic (exact) mass is 530 g/mol. The minimum Gasteiger partial charge on any atom is -0.481 e. The maximum Gasteiger partial charge on any atom is 0.326 e. The van der Waals surface area contributed by atoms with Gasteiger partial charge in [0.2, 0.25) is 16.9 Å². The number of carbonyl (C=O) groups is 5. The van der Waals surface area contributed by atoms with E-state index in [4.69, 9.17) is 5.11 Å². The molecule has 0 fully saturated rings. The van der Waals surface area contributed by atoms with Crippen molar-refractivity contribution in [2.75, 3.05) is 0 Å². The lowest BCUT2D eigenvalue weighted by atomic mass is 10.0. The van der Waals surface area contributed by atoms with Crippen LogP contribution in [0.5, 0.6) is 0 Å². The first-order valence-corrected chi connectivity index (χ1v) is 13.8. The van der Waals surface area contributed by atoms with Crippen molar-refractivity contribution in [1.29, 1.82) is 0 Å². The lowest BCUT2D eigenvalue weighted by molar-refractivity contribution is -0.142. The van der Waals surface area contributed by atoms with E-state index in [1.165, 1.54) is 51.9 Å². The Hall–Kier alpha value is -2.10. The summed E-state index contributed by atoms with van der Waals surface area (Å²) in [4.78, 5) is 56.7. The number of amides is 2. The molecule has 36 heavy (non-hydrogen) atoms. The van der Waals surface area contributed by atoms with Crippen LogP contribution >= 0.6 is 12.6 Å². The standard InChI is InChI=1S/C26H46N2O7S/c1-20(26(35)36)27-23(30)19-18-21(25(33)34)28-22(29)16-14-12-10-8-6-4-2-3-5-7-9-11-13-15-17-24(31)32/h20-21H,2-19H2,1H3,(H,27,30)(H,28,29)(H,31,32)(H,33,34)(H,35,36)/t20?,21-/m1/s1. The van der Waals surface area contributed by atoms with Gasteiger partial charge in [-0.15, -0.1) is 12.6 Å². The molecule has 0 aromatic heterocycles. The zero-order valence-corrected chi connectivity index (χ0v) is 22.7. The predicted molar refractivity (Wildman–Crippen MR) is 142 cm³/mol. The van der Waals surface area contributed by atoms with Crippen molar-refractivity contribution in [2.45, 2.75) is 135 Å². The Bertz CT molecular complexity index is 673. The van der Waals surface area contributed by atoms with Crippen molar-refractivity contribution >= 4 is 41.5 Å². The fourth-order valence-electron chi connectivity index (χ4n) is 3.86. The molecule has 4 N–H and O–H groups in total. The van der Waals surface area contributed by atoms with E-state index in [0.717, 1.165) is 38.5 Å². The molecule has 0 bridgehead atoms. The molecule has 0 aliphatic carbocycles. The Morgan fingerprint density at radius 3 is 1.39 bits per heavy atom. The van der Waals surface area contributed by atoms with Crippen LogP contribution < -0.4 is 10.6 Å². The number of nitrogens with one attached hydrogen (secondary N) is 2. The summed E-state index contributed by atoms with van der Waals surface area (Å²) in [6.45, 7) is 1.49. The smallest absolute Gasteiger partial charge is 0.326 e. The van der Waals surface area contributed by atoms with Gasteiger partial charge in [-0.2, -0.15) is 0 Å². The van der Waals surface area contributed by atoms with Crippen molar-refractivity contribution in [3.05, 3.63) is 0 Å². The van der Waals surface area contributed by atoms with Crippen LogP contribution in [0.4, 0.5) is 0 Å². The van der Waals surface area contributed by atoms with Gasteiger partial charge in [-0.05, 0) is 26.2 Å². The van der Waals surface area contributed by atoms with E-state index in [1.54, 1.807) is 0 Å². The Balaban J connectivity index is 3.67. The number of unbranched alkanes of at least 4 members (excludes halogenated alkanes) is 13. The van der Waals surface area contributed by atoms with Crippen molar-refractivity contribution in [3.8, 4) is 0 Å². The van der Waals surface area contributed by atoms with Gasteiger partial charge in [0.1, 0.15) is 6.04 Å². The molecule has 0 aromatic rings. The molecule has 2 atom stereocenters. The second-order valence-corrected chi connectivity index (χ2v) is 9.91. The highest BCUT2D eigenvalue weighted by Crippen LogP contribution is 2.14. The van der Waals surface area contributed by atoms with Gasteiger partial charge in [0.05, 0.1) is 6.04 Å². The maximum absolute atomic E-state index is 12.1. The SMILES string of the molecule is CC(NC(=O)CC[C@@H](NC(=O)CCCCCCCCCCCCCCCCC(=O)O)C(=O)O)C(=O)S. The van der Waals surface area contributed by atoms with E-state index in [9.17, 15) is 29.1 Å². The van der Waals surface area contributed by atoms with Crippen LogP contribution in [0, 0.1) is 0 Å². The second-order valence-electron chi connectivity index (χ2n) is 9.47. The molecule has 0 rings (SSSR count). The summed E-state index contributed by atoms with van der Waals surface area (Å²) >= 11 is 3.63. The van der Waals surface area contributed by atoms with Gasteiger partial charge in [0.15, 0.2) is 0 Å². The summed E-state index contributed by atoms with van der Waals surface area (Å²) in [6.07, 6.45) is 15.6. The van der Waals surface area contributed by atoms with Crippen LogP contribution in [-0.4, -0.2) is 51.2 Å². The summed E-state index contributed by atoms with van der Waals surface area (Å²) in [5.41, 5.74) is 0. The minimum absolute atomic E-state index is 0.0484. The number of carboxylic acids is 2. The number of thiol groups is 1. The Morgan fingerprint density at radius 2 is 1.00 bits per heavy atom. The summed E-state index contributed by atoms with van der Waals surface area (Å²) in [5.74, 6) is -2.69. The van der Waals surface area contributed by atoms with E-state index in [1.807, 2.05) is 0 Å². The third-order valence-electron chi connectivity index (χ3n) is 6.09. The average Bonchev–Trinajstić information content (AvgIpc) is 2.80. The zero-order chi connectivity index (χ0) is 27.2. The molecule has 0 aliphatic rings. The van der Waals surface area contributed by atoms with Crippen molar-refractivity contribution in [2.24, 2.45) is 0 Å². The molecule has 1 unspecified atom stereocenters. The van der Waals surface area contributed by atoms with Gasteiger partial charge in [0, 0.05) is 19.3 Å². The number of carboxylic acid groups (broad SMARTS) is 2. The van der Waals surface area contributed by atoms with Gasteiger partial charge in [-0.25, -0.2) is 4.79 Å². The molecule has 0 heterocycles. The molecule has 0 spiro atoms. The molecular weight excluding hydrogens is 484 g/mol. The van der Waals surface area contributed by atoms with Gasteiger partial charge in [0.25, 0.3) is 0 Å². The first-order chi connectivity index (χ1) is 17.1. The molecular formula is C26H46N2O7S. The normalized spacial score (nSPS) is 12.5. The molecule has 0 radical (unpaired) electrons. The first-order valence-electron chi connectivity index (χ1n) is 13.4. The van der Waals surface area contributed by atoms with Gasteiger partial charge >= 0.3 is 11.9 Å². The van der Waals surface area contributed by atoms with E-state index in [2.05, 4.69) is 23.3 Å². The molecule has 208 valence electrons. The molecule has 10 heteroatoms. The average molecular weight is 531 g/mol. The maximum atomic E-state index is 12.1. The van der Waals surface area contributed by atoms with Crippen LogP contribution in [0.1, 0.15) is 122 Å².